The molecule has 0 saturated carbocycles. The van der Waals surface area contributed by atoms with Gasteiger partial charge in [-0.05, 0) is 50.1 Å². The van der Waals surface area contributed by atoms with E-state index in [1.807, 2.05) is 18.2 Å². The summed E-state index contributed by atoms with van der Waals surface area (Å²) >= 11 is 3.35. The number of hydrazine groups is 1. The highest BCUT2D eigenvalue weighted by Crippen LogP contribution is 2.25. The summed E-state index contributed by atoms with van der Waals surface area (Å²) in [5, 5.41) is 0.844. The fourth-order valence-corrected chi connectivity index (χ4v) is 3.95. The lowest BCUT2D eigenvalue weighted by atomic mass is 10.1. The summed E-state index contributed by atoms with van der Waals surface area (Å²) < 4.78 is 6.49. The molecule has 30 heavy (non-hydrogen) atoms. The minimum atomic E-state index is -0.641. The maximum absolute atomic E-state index is 12.8. The highest BCUT2D eigenvalue weighted by molar-refractivity contribution is 9.10. The lowest BCUT2D eigenvalue weighted by molar-refractivity contribution is -0.125. The molecule has 1 fully saturated rings. The predicted molar refractivity (Wildman–Crippen MR) is 115 cm³/mol. The third-order valence-electron chi connectivity index (χ3n) is 5.26. The van der Waals surface area contributed by atoms with Crippen molar-refractivity contribution in [1.29, 1.82) is 0 Å². The number of carbonyl (C=O) groups is 3. The van der Waals surface area contributed by atoms with Crippen LogP contribution in [0.1, 0.15) is 39.3 Å². The highest BCUT2D eigenvalue weighted by atomic mass is 79.9. The van der Waals surface area contributed by atoms with E-state index in [4.69, 9.17) is 4.42 Å². The van der Waals surface area contributed by atoms with Crippen LogP contribution in [0.2, 0.25) is 0 Å². The molecule has 1 aromatic heterocycles. The van der Waals surface area contributed by atoms with Gasteiger partial charge >= 0.3 is 5.91 Å². The molecule has 1 atom stereocenters. The van der Waals surface area contributed by atoms with E-state index in [9.17, 15) is 14.4 Å². The number of hydrogen-bond acceptors (Lipinski definition) is 4. The number of benzene rings is 2. The van der Waals surface area contributed by atoms with E-state index in [0.29, 0.717) is 29.7 Å². The minimum Gasteiger partial charge on any atom is -0.451 e. The van der Waals surface area contributed by atoms with Gasteiger partial charge in [0.1, 0.15) is 11.6 Å². The van der Waals surface area contributed by atoms with Crippen molar-refractivity contribution >= 4 is 44.6 Å². The number of carbonyl (C=O) groups excluding carboxylic acids is 3. The van der Waals surface area contributed by atoms with E-state index in [-0.39, 0.29) is 11.7 Å². The van der Waals surface area contributed by atoms with Gasteiger partial charge in [-0.3, -0.25) is 25.2 Å². The molecule has 1 unspecified atom stereocenters. The Labute approximate surface area is 181 Å². The molecule has 1 saturated heterocycles. The van der Waals surface area contributed by atoms with Gasteiger partial charge in [-0.1, -0.05) is 34.1 Å². The van der Waals surface area contributed by atoms with Crippen LogP contribution < -0.4 is 10.9 Å². The van der Waals surface area contributed by atoms with Crippen LogP contribution in [0.4, 0.5) is 0 Å². The van der Waals surface area contributed by atoms with Gasteiger partial charge in [-0.15, -0.1) is 0 Å². The second kappa shape index (κ2) is 8.31. The molecule has 7 nitrogen and oxygen atoms in total. The number of fused-ring (bicyclic) bond motifs is 1. The Hall–Kier alpha value is -3.13. The number of amides is 3. The molecule has 1 aliphatic heterocycles. The summed E-state index contributed by atoms with van der Waals surface area (Å²) in [6, 6.07) is 13.7. The molecule has 1 aliphatic rings. The number of halogens is 1. The summed E-state index contributed by atoms with van der Waals surface area (Å²) in [4.78, 5) is 39.5. The number of rotatable bonds is 3. The van der Waals surface area contributed by atoms with Crippen LogP contribution in [0.5, 0.6) is 0 Å². The maximum atomic E-state index is 12.8. The lowest BCUT2D eigenvalue weighted by Crippen LogP contribution is -2.51. The Kier molecular flexibility index (Phi) is 5.59. The summed E-state index contributed by atoms with van der Waals surface area (Å²) in [6.45, 7) is 2.28. The van der Waals surface area contributed by atoms with E-state index in [1.165, 1.54) is 4.90 Å². The first-order valence-electron chi connectivity index (χ1n) is 9.60. The second-order valence-electron chi connectivity index (χ2n) is 7.16. The van der Waals surface area contributed by atoms with Crippen LogP contribution in [0.25, 0.3) is 11.0 Å². The second-order valence-corrected chi connectivity index (χ2v) is 8.07. The molecule has 3 amide bonds. The van der Waals surface area contributed by atoms with Crippen molar-refractivity contribution in [2.45, 2.75) is 25.8 Å². The number of para-hydroxylation sites is 1. The van der Waals surface area contributed by atoms with Crippen LogP contribution in [0.3, 0.4) is 0 Å². The van der Waals surface area contributed by atoms with Crippen molar-refractivity contribution in [2.24, 2.45) is 0 Å². The summed E-state index contributed by atoms with van der Waals surface area (Å²) in [5.41, 5.74) is 6.67. The topological polar surface area (TPSA) is 91.7 Å². The van der Waals surface area contributed by atoms with Crippen molar-refractivity contribution in [3.05, 3.63) is 69.9 Å². The highest BCUT2D eigenvalue weighted by Gasteiger charge is 2.35. The van der Waals surface area contributed by atoms with Crippen molar-refractivity contribution in [2.75, 3.05) is 6.54 Å². The molecule has 0 bridgehead atoms. The standard InChI is InChI=1S/C22H20BrN3O4/c1-13-16-5-2-3-7-18(16)30-19(13)21(28)25-24-20(27)17-6-4-12-26(17)22(29)14-8-10-15(23)11-9-14/h2-3,5,7-11,17H,4,6,12H2,1H3,(H,24,27)(H,25,28). The number of aryl methyl sites for hydroxylation is 1. The van der Waals surface area contributed by atoms with Crippen molar-refractivity contribution in [3.63, 3.8) is 0 Å². The van der Waals surface area contributed by atoms with Crippen molar-refractivity contribution < 1.29 is 18.8 Å². The Bertz CT molecular complexity index is 1120. The van der Waals surface area contributed by atoms with E-state index < -0.39 is 17.9 Å². The monoisotopic (exact) mass is 469 g/mol. The SMILES string of the molecule is Cc1c(C(=O)NNC(=O)C2CCCN2C(=O)c2ccc(Br)cc2)oc2ccccc12. The minimum absolute atomic E-state index is 0.144. The van der Waals surface area contributed by atoms with Gasteiger partial charge in [-0.25, -0.2) is 0 Å². The summed E-state index contributed by atoms with van der Waals surface area (Å²) in [5.74, 6) is -1.04. The first-order chi connectivity index (χ1) is 14.5. The van der Waals surface area contributed by atoms with Crippen LogP contribution in [-0.4, -0.2) is 35.2 Å². The van der Waals surface area contributed by atoms with Crippen molar-refractivity contribution in [1.82, 2.24) is 15.8 Å². The van der Waals surface area contributed by atoms with E-state index in [0.717, 1.165) is 16.3 Å². The summed E-state index contributed by atoms with van der Waals surface area (Å²) in [7, 11) is 0. The molecule has 0 radical (unpaired) electrons. The zero-order valence-electron chi connectivity index (χ0n) is 16.3. The Balaban J connectivity index is 1.42. The largest absolute Gasteiger partial charge is 0.451 e. The molecular formula is C22H20BrN3O4. The van der Waals surface area contributed by atoms with Gasteiger partial charge in [0.05, 0.1) is 0 Å². The average Bonchev–Trinajstić information content (AvgIpc) is 3.37. The van der Waals surface area contributed by atoms with Gasteiger partial charge in [-0.2, -0.15) is 0 Å². The Morgan fingerprint density at radius 2 is 1.80 bits per heavy atom. The quantitative estimate of drug-likeness (QED) is 0.573. The lowest BCUT2D eigenvalue weighted by Gasteiger charge is -2.24. The number of nitrogens with one attached hydrogen (secondary N) is 2. The first kappa shape index (κ1) is 20.2. The fourth-order valence-electron chi connectivity index (χ4n) is 3.69. The number of likely N-dealkylation sites (tertiary alicyclic amines) is 1. The number of hydrogen-bond donors (Lipinski definition) is 2. The molecule has 3 aromatic rings. The molecule has 0 spiro atoms. The third-order valence-corrected chi connectivity index (χ3v) is 5.79. The zero-order valence-corrected chi connectivity index (χ0v) is 17.9. The Morgan fingerprint density at radius 1 is 1.07 bits per heavy atom. The fraction of sp³-hybridized carbons (Fsp3) is 0.227. The van der Waals surface area contributed by atoms with Crippen LogP contribution in [0.15, 0.2) is 57.4 Å². The molecule has 8 heteroatoms. The number of nitrogens with zero attached hydrogens (tertiary/aromatic N) is 1. The predicted octanol–water partition coefficient (Wildman–Crippen LogP) is 3.57. The number of furan rings is 1. The molecule has 154 valence electrons. The molecule has 4 rings (SSSR count). The van der Waals surface area contributed by atoms with Gasteiger partial charge < -0.3 is 9.32 Å². The van der Waals surface area contributed by atoms with Gasteiger partial charge in [0.2, 0.25) is 0 Å². The molecular weight excluding hydrogens is 450 g/mol. The Morgan fingerprint density at radius 3 is 2.53 bits per heavy atom. The molecule has 2 aromatic carbocycles. The van der Waals surface area contributed by atoms with Gasteiger partial charge in [0.25, 0.3) is 11.8 Å². The maximum Gasteiger partial charge on any atom is 0.305 e. The van der Waals surface area contributed by atoms with Crippen LogP contribution in [-0.2, 0) is 4.79 Å². The molecule has 2 heterocycles. The zero-order chi connectivity index (χ0) is 21.3. The smallest absolute Gasteiger partial charge is 0.305 e. The first-order valence-corrected chi connectivity index (χ1v) is 10.4. The molecule has 2 N–H and O–H groups in total. The van der Waals surface area contributed by atoms with Crippen LogP contribution >= 0.6 is 15.9 Å². The molecule has 0 aliphatic carbocycles. The van der Waals surface area contributed by atoms with E-state index in [1.54, 1.807) is 37.3 Å². The van der Waals surface area contributed by atoms with Crippen LogP contribution in [0, 0.1) is 6.92 Å². The van der Waals surface area contributed by atoms with Gasteiger partial charge in [0.15, 0.2) is 5.76 Å². The third kappa shape index (κ3) is 3.82. The normalized spacial score (nSPS) is 15.9. The summed E-state index contributed by atoms with van der Waals surface area (Å²) in [6.07, 6.45) is 1.25. The van der Waals surface area contributed by atoms with Gasteiger partial charge in [0, 0.05) is 27.5 Å². The van der Waals surface area contributed by atoms with E-state index >= 15 is 0 Å². The van der Waals surface area contributed by atoms with Crippen molar-refractivity contribution in [3.8, 4) is 0 Å². The average molecular weight is 470 g/mol. The van der Waals surface area contributed by atoms with E-state index in [2.05, 4.69) is 26.8 Å².